The van der Waals surface area contributed by atoms with Crippen molar-refractivity contribution in [2.24, 2.45) is 0 Å². The minimum Gasteiger partial charge on any atom is -0.293 e. The third-order valence-corrected chi connectivity index (χ3v) is 6.94. The first-order valence-corrected chi connectivity index (χ1v) is 11.4. The normalized spacial score (nSPS) is 11.2. The summed E-state index contributed by atoms with van der Waals surface area (Å²) in [5.41, 5.74) is 4.45. The molecule has 0 aliphatic heterocycles. The zero-order valence-electron chi connectivity index (χ0n) is 17.2. The Bertz CT molecular complexity index is 1260. The number of hydrogen-bond donors (Lipinski definition) is 0. The van der Waals surface area contributed by atoms with Gasteiger partial charge >= 0.3 is 0 Å². The number of carbonyl (C=O) groups excluding carboxylic acids is 1. The van der Waals surface area contributed by atoms with Gasteiger partial charge in [-0.15, -0.1) is 11.3 Å². The summed E-state index contributed by atoms with van der Waals surface area (Å²) in [4.78, 5) is 24.1. The molecule has 0 radical (unpaired) electrons. The van der Waals surface area contributed by atoms with E-state index in [1.165, 1.54) is 28.3 Å². The predicted octanol–water partition coefficient (Wildman–Crippen LogP) is 6.71. The number of carbonyl (C=O) groups is 1. The van der Waals surface area contributed by atoms with Gasteiger partial charge in [0.1, 0.15) is 21.5 Å². The van der Waals surface area contributed by atoms with E-state index in [1.807, 2.05) is 6.92 Å². The number of fused-ring (bicyclic) bond motifs is 1. The number of halogens is 1. The van der Waals surface area contributed by atoms with Crippen LogP contribution in [0.4, 0.5) is 4.39 Å². The molecule has 0 amide bonds. The van der Waals surface area contributed by atoms with E-state index in [4.69, 9.17) is 0 Å². The van der Waals surface area contributed by atoms with E-state index in [1.54, 1.807) is 30.4 Å². The number of hydrogen-bond acceptors (Lipinski definition) is 5. The van der Waals surface area contributed by atoms with E-state index >= 15 is 0 Å². The van der Waals surface area contributed by atoms with E-state index in [0.717, 1.165) is 26.4 Å². The third-order valence-electron chi connectivity index (χ3n) is 4.97. The number of thioether (sulfide) groups is 1. The van der Waals surface area contributed by atoms with Gasteiger partial charge in [-0.2, -0.15) is 0 Å². The summed E-state index contributed by atoms with van der Waals surface area (Å²) in [7, 11) is 0. The van der Waals surface area contributed by atoms with Gasteiger partial charge in [0, 0.05) is 16.0 Å². The molecule has 0 atom stereocenters. The zero-order valence-corrected chi connectivity index (χ0v) is 18.9. The second kappa shape index (κ2) is 8.28. The van der Waals surface area contributed by atoms with Crippen LogP contribution in [0.5, 0.6) is 0 Å². The van der Waals surface area contributed by atoms with E-state index in [9.17, 15) is 9.18 Å². The highest BCUT2D eigenvalue weighted by Crippen LogP contribution is 2.41. The number of thiophene rings is 1. The van der Waals surface area contributed by atoms with Crippen LogP contribution in [0, 0.1) is 33.5 Å². The Morgan fingerprint density at radius 2 is 1.77 bits per heavy atom. The number of Topliss-reactive ketones (excluding diaryl/α,β-unsaturated/α-hetero) is 1. The van der Waals surface area contributed by atoms with Gasteiger partial charge in [-0.1, -0.05) is 41.6 Å². The lowest BCUT2D eigenvalue weighted by Crippen LogP contribution is -2.04. The van der Waals surface area contributed by atoms with Crippen LogP contribution in [-0.2, 0) is 0 Å². The molecule has 4 rings (SSSR count). The summed E-state index contributed by atoms with van der Waals surface area (Å²) >= 11 is 3.06. The van der Waals surface area contributed by atoms with Crippen LogP contribution in [0.2, 0.25) is 0 Å². The van der Waals surface area contributed by atoms with Crippen molar-refractivity contribution in [2.45, 2.75) is 32.7 Å². The fourth-order valence-corrected chi connectivity index (χ4v) is 5.52. The molecular weight excluding hydrogens is 415 g/mol. The Balaban J connectivity index is 1.72. The lowest BCUT2D eigenvalue weighted by molar-refractivity contribution is 0.102. The van der Waals surface area contributed by atoms with Crippen molar-refractivity contribution in [3.63, 3.8) is 0 Å². The van der Waals surface area contributed by atoms with E-state index in [-0.39, 0.29) is 17.4 Å². The second-order valence-electron chi connectivity index (χ2n) is 7.33. The van der Waals surface area contributed by atoms with Crippen molar-refractivity contribution in [2.75, 3.05) is 5.75 Å². The largest absolute Gasteiger partial charge is 0.293 e. The average Bonchev–Trinajstić information content (AvgIpc) is 3.04. The van der Waals surface area contributed by atoms with Crippen LogP contribution >= 0.6 is 23.1 Å². The maximum absolute atomic E-state index is 13.5. The monoisotopic (exact) mass is 436 g/mol. The number of benzene rings is 2. The Labute approximate surface area is 183 Å². The second-order valence-corrected chi connectivity index (χ2v) is 9.50. The topological polar surface area (TPSA) is 42.9 Å². The number of aryl methyl sites for hydroxylation is 4. The summed E-state index contributed by atoms with van der Waals surface area (Å²) in [6, 6.07) is 12.9. The average molecular weight is 437 g/mol. The SMILES string of the molecule is Cc1ccc(-c2c(C)sc3nc(C)nc(SCC(=O)c4ccc(F)c(C)c4)c23)cc1. The first kappa shape index (κ1) is 20.7. The van der Waals surface area contributed by atoms with Gasteiger partial charge < -0.3 is 0 Å². The highest BCUT2D eigenvalue weighted by Gasteiger charge is 2.19. The fraction of sp³-hybridized carbons (Fsp3) is 0.208. The van der Waals surface area contributed by atoms with Crippen molar-refractivity contribution in [1.29, 1.82) is 0 Å². The van der Waals surface area contributed by atoms with Crippen LogP contribution < -0.4 is 0 Å². The molecule has 0 unspecified atom stereocenters. The molecule has 30 heavy (non-hydrogen) atoms. The van der Waals surface area contributed by atoms with E-state index < -0.39 is 0 Å². The molecule has 6 heteroatoms. The summed E-state index contributed by atoms with van der Waals surface area (Å²) in [5, 5.41) is 1.81. The lowest BCUT2D eigenvalue weighted by Gasteiger charge is -2.08. The van der Waals surface area contributed by atoms with Gasteiger partial charge in [0.05, 0.1) is 11.1 Å². The molecule has 3 nitrogen and oxygen atoms in total. The van der Waals surface area contributed by atoms with Crippen molar-refractivity contribution >= 4 is 39.1 Å². The van der Waals surface area contributed by atoms with Gasteiger partial charge in [-0.05, 0) is 57.0 Å². The lowest BCUT2D eigenvalue weighted by atomic mass is 10.0. The van der Waals surface area contributed by atoms with Crippen LogP contribution in [0.15, 0.2) is 47.5 Å². The Morgan fingerprint density at radius 1 is 1.03 bits per heavy atom. The molecule has 2 aromatic heterocycles. The van der Waals surface area contributed by atoms with Crippen LogP contribution in [0.25, 0.3) is 21.3 Å². The quantitative estimate of drug-likeness (QED) is 0.198. The minimum atomic E-state index is -0.302. The van der Waals surface area contributed by atoms with Crippen molar-refractivity contribution in [1.82, 2.24) is 9.97 Å². The molecule has 0 aliphatic rings. The molecule has 4 aromatic rings. The van der Waals surface area contributed by atoms with Crippen LogP contribution in [0.3, 0.4) is 0 Å². The highest BCUT2D eigenvalue weighted by atomic mass is 32.2. The molecule has 152 valence electrons. The Kier molecular flexibility index (Phi) is 5.71. The van der Waals surface area contributed by atoms with Gasteiger partial charge in [-0.3, -0.25) is 4.79 Å². The van der Waals surface area contributed by atoms with Crippen molar-refractivity contribution < 1.29 is 9.18 Å². The number of ketones is 1. The minimum absolute atomic E-state index is 0.0450. The molecule has 0 N–H and O–H groups in total. The molecular formula is C24H21FN2OS2. The summed E-state index contributed by atoms with van der Waals surface area (Å²) < 4.78 is 13.5. The van der Waals surface area contributed by atoms with Crippen molar-refractivity contribution in [3.05, 3.63) is 75.7 Å². The Hall–Kier alpha value is -2.57. The zero-order chi connectivity index (χ0) is 21.4. The highest BCUT2D eigenvalue weighted by molar-refractivity contribution is 8.00. The van der Waals surface area contributed by atoms with E-state index in [2.05, 4.69) is 48.1 Å². The maximum atomic E-state index is 13.5. The molecule has 0 fully saturated rings. The van der Waals surface area contributed by atoms with Gasteiger partial charge in [0.15, 0.2) is 5.78 Å². The summed E-state index contributed by atoms with van der Waals surface area (Å²) in [6.45, 7) is 7.70. The molecule has 2 aromatic carbocycles. The molecule has 0 bridgehead atoms. The number of aromatic nitrogens is 2. The van der Waals surface area contributed by atoms with Crippen LogP contribution in [-0.4, -0.2) is 21.5 Å². The molecule has 0 saturated carbocycles. The Morgan fingerprint density at radius 3 is 2.47 bits per heavy atom. The first-order chi connectivity index (χ1) is 14.3. The van der Waals surface area contributed by atoms with Gasteiger partial charge in [-0.25, -0.2) is 14.4 Å². The van der Waals surface area contributed by atoms with E-state index in [0.29, 0.717) is 17.0 Å². The number of rotatable bonds is 5. The van der Waals surface area contributed by atoms with Gasteiger partial charge in [0.2, 0.25) is 0 Å². The summed E-state index contributed by atoms with van der Waals surface area (Å²) in [6.07, 6.45) is 0. The maximum Gasteiger partial charge on any atom is 0.173 e. The standard InChI is InChI=1S/C24H21FN2OS2/c1-13-5-7-17(8-6-13)21-15(3)30-24-22(21)23(26-16(4)27-24)29-12-20(28)18-9-10-19(25)14(2)11-18/h5-11H,12H2,1-4H3. The fourth-order valence-electron chi connectivity index (χ4n) is 3.39. The third kappa shape index (κ3) is 4.02. The summed E-state index contributed by atoms with van der Waals surface area (Å²) in [5.74, 6) is 0.575. The molecule has 0 saturated heterocycles. The predicted molar refractivity (Wildman–Crippen MR) is 123 cm³/mol. The van der Waals surface area contributed by atoms with Gasteiger partial charge in [0.25, 0.3) is 0 Å². The molecule has 2 heterocycles. The first-order valence-electron chi connectivity index (χ1n) is 9.60. The van der Waals surface area contributed by atoms with Crippen LogP contribution in [0.1, 0.15) is 32.2 Å². The smallest absolute Gasteiger partial charge is 0.173 e. The molecule has 0 aliphatic carbocycles. The van der Waals surface area contributed by atoms with Crippen molar-refractivity contribution in [3.8, 4) is 11.1 Å². The molecule has 0 spiro atoms. The number of nitrogens with zero attached hydrogens (tertiary/aromatic N) is 2.